The van der Waals surface area contributed by atoms with E-state index in [2.05, 4.69) is 10.4 Å². The third-order valence-electron chi connectivity index (χ3n) is 2.22. The minimum absolute atomic E-state index is 0.468. The van der Waals surface area contributed by atoms with Gasteiger partial charge in [-0.2, -0.15) is 5.10 Å². The summed E-state index contributed by atoms with van der Waals surface area (Å²) in [5, 5.41) is 7.52. The van der Waals surface area contributed by atoms with Crippen molar-refractivity contribution in [3.63, 3.8) is 0 Å². The lowest BCUT2D eigenvalue weighted by Gasteiger charge is -2.11. The standard InChI is InChI=1S/C8H13N3O/c1-12-8-3-5-10-11(8)7-2-4-9-6-7/h3,5,7,9H,2,4,6H2,1H3. The average molecular weight is 167 g/mol. The third-order valence-corrected chi connectivity index (χ3v) is 2.22. The Labute approximate surface area is 71.5 Å². The number of rotatable bonds is 2. The van der Waals surface area contributed by atoms with Crippen LogP contribution in [0.5, 0.6) is 5.88 Å². The number of nitrogens with one attached hydrogen (secondary N) is 1. The monoisotopic (exact) mass is 167 g/mol. The van der Waals surface area contributed by atoms with Gasteiger partial charge in [-0.25, -0.2) is 4.68 Å². The van der Waals surface area contributed by atoms with Crippen molar-refractivity contribution in [1.82, 2.24) is 15.1 Å². The second kappa shape index (κ2) is 3.15. The Balaban J connectivity index is 2.19. The molecule has 1 aliphatic rings. The molecule has 4 heteroatoms. The topological polar surface area (TPSA) is 39.1 Å². The van der Waals surface area contributed by atoms with Crippen LogP contribution in [0, 0.1) is 0 Å². The van der Waals surface area contributed by atoms with E-state index in [1.165, 1.54) is 0 Å². The Morgan fingerprint density at radius 2 is 2.67 bits per heavy atom. The molecule has 1 aliphatic heterocycles. The maximum Gasteiger partial charge on any atom is 0.211 e. The summed E-state index contributed by atoms with van der Waals surface area (Å²) < 4.78 is 7.11. The molecule has 1 fully saturated rings. The van der Waals surface area contributed by atoms with E-state index in [1.54, 1.807) is 13.3 Å². The number of nitrogens with zero attached hydrogens (tertiary/aromatic N) is 2. The summed E-state index contributed by atoms with van der Waals surface area (Å²) in [5.41, 5.74) is 0. The van der Waals surface area contributed by atoms with E-state index < -0.39 is 0 Å². The van der Waals surface area contributed by atoms with Gasteiger partial charge in [-0.1, -0.05) is 0 Å². The second-order valence-corrected chi connectivity index (χ2v) is 2.96. The Kier molecular flexibility index (Phi) is 1.99. The van der Waals surface area contributed by atoms with Crippen LogP contribution in [-0.4, -0.2) is 30.0 Å². The van der Waals surface area contributed by atoms with Gasteiger partial charge in [-0.05, 0) is 13.0 Å². The number of methoxy groups -OCH3 is 1. The first-order valence-corrected chi connectivity index (χ1v) is 4.20. The van der Waals surface area contributed by atoms with Crippen molar-refractivity contribution in [2.75, 3.05) is 20.2 Å². The predicted molar refractivity (Wildman–Crippen MR) is 45.3 cm³/mol. The van der Waals surface area contributed by atoms with Gasteiger partial charge in [0.15, 0.2) is 0 Å². The van der Waals surface area contributed by atoms with E-state index in [-0.39, 0.29) is 0 Å². The van der Waals surface area contributed by atoms with Crippen molar-refractivity contribution in [1.29, 1.82) is 0 Å². The largest absolute Gasteiger partial charge is 0.481 e. The molecule has 0 aromatic carbocycles. The molecule has 4 nitrogen and oxygen atoms in total. The zero-order valence-corrected chi connectivity index (χ0v) is 7.16. The van der Waals surface area contributed by atoms with E-state index in [1.807, 2.05) is 10.7 Å². The SMILES string of the molecule is COc1ccnn1C1CCNC1. The van der Waals surface area contributed by atoms with Crippen molar-refractivity contribution in [3.8, 4) is 5.88 Å². The average Bonchev–Trinajstić information content (AvgIpc) is 2.74. The van der Waals surface area contributed by atoms with E-state index >= 15 is 0 Å². The van der Waals surface area contributed by atoms with Crippen LogP contribution in [0.4, 0.5) is 0 Å². The summed E-state index contributed by atoms with van der Waals surface area (Å²) in [7, 11) is 1.68. The van der Waals surface area contributed by atoms with Gasteiger partial charge < -0.3 is 10.1 Å². The summed E-state index contributed by atoms with van der Waals surface area (Å²) in [5.74, 6) is 0.851. The lowest BCUT2D eigenvalue weighted by Crippen LogP contribution is -2.15. The molecule has 12 heavy (non-hydrogen) atoms. The van der Waals surface area contributed by atoms with Crippen molar-refractivity contribution < 1.29 is 4.74 Å². The van der Waals surface area contributed by atoms with Crippen LogP contribution in [0.3, 0.4) is 0 Å². The smallest absolute Gasteiger partial charge is 0.211 e. The van der Waals surface area contributed by atoms with Gasteiger partial charge in [0.2, 0.25) is 5.88 Å². The number of ether oxygens (including phenoxy) is 1. The molecule has 2 rings (SSSR count). The molecular weight excluding hydrogens is 154 g/mol. The fourth-order valence-electron chi connectivity index (χ4n) is 1.59. The van der Waals surface area contributed by atoms with E-state index in [0.29, 0.717) is 6.04 Å². The van der Waals surface area contributed by atoms with Crippen molar-refractivity contribution in [2.24, 2.45) is 0 Å². The molecule has 0 radical (unpaired) electrons. The fraction of sp³-hybridized carbons (Fsp3) is 0.625. The van der Waals surface area contributed by atoms with E-state index in [9.17, 15) is 0 Å². The van der Waals surface area contributed by atoms with Gasteiger partial charge in [0.05, 0.1) is 19.3 Å². The molecule has 1 aromatic rings. The van der Waals surface area contributed by atoms with Crippen molar-refractivity contribution in [2.45, 2.75) is 12.5 Å². The van der Waals surface area contributed by atoms with Crippen LogP contribution < -0.4 is 10.1 Å². The first kappa shape index (κ1) is 7.61. The molecule has 1 unspecified atom stereocenters. The second-order valence-electron chi connectivity index (χ2n) is 2.96. The normalized spacial score (nSPS) is 22.9. The highest BCUT2D eigenvalue weighted by Gasteiger charge is 2.19. The molecule has 0 aliphatic carbocycles. The predicted octanol–water partition coefficient (Wildman–Crippen LogP) is 0.426. The highest BCUT2D eigenvalue weighted by atomic mass is 16.5. The van der Waals surface area contributed by atoms with Crippen LogP contribution in [0.15, 0.2) is 12.3 Å². The minimum Gasteiger partial charge on any atom is -0.481 e. The summed E-state index contributed by atoms with van der Waals surface area (Å²) in [6.07, 6.45) is 2.91. The Hall–Kier alpha value is -1.03. The zero-order chi connectivity index (χ0) is 8.39. The quantitative estimate of drug-likeness (QED) is 0.694. The maximum atomic E-state index is 5.17. The van der Waals surface area contributed by atoms with Gasteiger partial charge >= 0.3 is 0 Å². The minimum atomic E-state index is 0.468. The lowest BCUT2D eigenvalue weighted by molar-refractivity contribution is 0.337. The maximum absolute atomic E-state index is 5.17. The fourth-order valence-corrected chi connectivity index (χ4v) is 1.59. The summed E-state index contributed by atoms with van der Waals surface area (Å²) in [6, 6.07) is 2.35. The summed E-state index contributed by atoms with van der Waals surface area (Å²) >= 11 is 0. The molecular formula is C8H13N3O. The van der Waals surface area contributed by atoms with E-state index in [4.69, 9.17) is 4.74 Å². The Morgan fingerprint density at radius 1 is 1.75 bits per heavy atom. The number of hydrogen-bond acceptors (Lipinski definition) is 3. The molecule has 0 amide bonds. The molecule has 1 aromatic heterocycles. The molecule has 1 saturated heterocycles. The van der Waals surface area contributed by atoms with Crippen molar-refractivity contribution >= 4 is 0 Å². The molecule has 66 valence electrons. The van der Waals surface area contributed by atoms with Gasteiger partial charge in [0.25, 0.3) is 0 Å². The van der Waals surface area contributed by atoms with Gasteiger partial charge in [0.1, 0.15) is 0 Å². The van der Waals surface area contributed by atoms with Crippen LogP contribution >= 0.6 is 0 Å². The molecule has 2 heterocycles. The number of hydrogen-bond donors (Lipinski definition) is 1. The summed E-state index contributed by atoms with van der Waals surface area (Å²) in [6.45, 7) is 2.08. The van der Waals surface area contributed by atoms with Gasteiger partial charge in [-0.15, -0.1) is 0 Å². The van der Waals surface area contributed by atoms with Crippen LogP contribution in [0.25, 0.3) is 0 Å². The molecule has 0 saturated carbocycles. The highest BCUT2D eigenvalue weighted by molar-refractivity contribution is 5.09. The lowest BCUT2D eigenvalue weighted by atomic mass is 10.3. The number of aromatic nitrogens is 2. The van der Waals surface area contributed by atoms with Crippen LogP contribution in [0.1, 0.15) is 12.5 Å². The van der Waals surface area contributed by atoms with Crippen LogP contribution in [0.2, 0.25) is 0 Å². The highest BCUT2D eigenvalue weighted by Crippen LogP contribution is 2.20. The first-order valence-electron chi connectivity index (χ1n) is 4.20. The molecule has 0 bridgehead atoms. The molecule has 1 atom stereocenters. The Bertz CT molecular complexity index is 253. The molecule has 1 N–H and O–H groups in total. The van der Waals surface area contributed by atoms with Gasteiger partial charge in [0, 0.05) is 12.6 Å². The first-order chi connectivity index (χ1) is 5.92. The van der Waals surface area contributed by atoms with Crippen LogP contribution in [-0.2, 0) is 0 Å². The Morgan fingerprint density at radius 3 is 3.33 bits per heavy atom. The zero-order valence-electron chi connectivity index (χ0n) is 7.16. The van der Waals surface area contributed by atoms with Gasteiger partial charge in [-0.3, -0.25) is 0 Å². The summed E-state index contributed by atoms with van der Waals surface area (Å²) in [4.78, 5) is 0. The van der Waals surface area contributed by atoms with Crippen molar-refractivity contribution in [3.05, 3.63) is 12.3 Å². The third kappa shape index (κ3) is 1.18. The molecule has 0 spiro atoms. The van der Waals surface area contributed by atoms with E-state index in [0.717, 1.165) is 25.4 Å².